The van der Waals surface area contributed by atoms with E-state index >= 15 is 0 Å². The van der Waals surface area contributed by atoms with Gasteiger partial charge >= 0.3 is 5.97 Å². The van der Waals surface area contributed by atoms with Crippen LogP contribution in [0.4, 0.5) is 0 Å². The third-order valence-electron chi connectivity index (χ3n) is 7.60. The molecule has 0 bridgehead atoms. The van der Waals surface area contributed by atoms with Crippen LogP contribution in [-0.2, 0) is 16.0 Å². The minimum absolute atomic E-state index is 0.0190. The maximum atomic E-state index is 13.5. The zero-order chi connectivity index (χ0) is 25.0. The second-order valence-electron chi connectivity index (χ2n) is 9.61. The fourth-order valence-electron chi connectivity index (χ4n) is 5.91. The van der Waals surface area contributed by atoms with Gasteiger partial charge in [-0.3, -0.25) is 4.79 Å². The van der Waals surface area contributed by atoms with Gasteiger partial charge in [-0.1, -0.05) is 64.5 Å². The first-order chi connectivity index (χ1) is 17.4. The minimum Gasteiger partial charge on any atom is -0.479 e. The summed E-state index contributed by atoms with van der Waals surface area (Å²) in [6.45, 7) is 0. The van der Waals surface area contributed by atoms with Gasteiger partial charge in [0, 0.05) is 10.2 Å². The number of aliphatic carboxylic acids is 1. The van der Waals surface area contributed by atoms with Crippen molar-refractivity contribution in [2.24, 2.45) is 5.92 Å². The number of carbonyl (C=O) groups excluding carboxylic acids is 1. The monoisotopic (exact) mass is 557 g/mol. The van der Waals surface area contributed by atoms with E-state index in [4.69, 9.17) is 0 Å². The Morgan fingerprint density at radius 3 is 2.22 bits per heavy atom. The standard InChI is InChI=1S/C30H24BrNO3S/c31-22-9-11-23-18(14-22)8-10-24(23)25(15-36)29(33)32-28(30(34)35)21-12-19-6-4-16-2-1-3-17-5-7-20(13-21)27(19)26(16)17/h1-7,9,11-14,24-25,28,36H,8,10,15H2,(H,32,33)(H,34,35)/t24-,25+,28-/m0/s1. The van der Waals surface area contributed by atoms with Crippen LogP contribution in [0.3, 0.4) is 0 Å². The molecule has 180 valence electrons. The largest absolute Gasteiger partial charge is 0.479 e. The van der Waals surface area contributed by atoms with Crippen LogP contribution in [-0.4, -0.2) is 22.7 Å². The van der Waals surface area contributed by atoms with Crippen LogP contribution in [0.5, 0.6) is 0 Å². The maximum Gasteiger partial charge on any atom is 0.330 e. The number of carboxylic acid groups (broad SMARTS) is 1. The number of carbonyl (C=O) groups is 2. The topological polar surface area (TPSA) is 66.4 Å². The minimum atomic E-state index is -1.15. The summed E-state index contributed by atoms with van der Waals surface area (Å²) < 4.78 is 1.02. The Morgan fingerprint density at radius 2 is 1.58 bits per heavy atom. The number of fused-ring (bicyclic) bond motifs is 1. The van der Waals surface area contributed by atoms with E-state index in [0.717, 1.165) is 49.8 Å². The summed E-state index contributed by atoms with van der Waals surface area (Å²) >= 11 is 8.02. The molecule has 0 fully saturated rings. The van der Waals surface area contributed by atoms with Crippen molar-refractivity contribution in [1.29, 1.82) is 0 Å². The number of carboxylic acids is 1. The van der Waals surface area contributed by atoms with Crippen LogP contribution in [0.25, 0.3) is 32.3 Å². The van der Waals surface area contributed by atoms with Crippen molar-refractivity contribution in [3.63, 3.8) is 0 Å². The molecule has 3 atom stereocenters. The van der Waals surface area contributed by atoms with Gasteiger partial charge in [-0.2, -0.15) is 12.6 Å². The summed E-state index contributed by atoms with van der Waals surface area (Å²) in [5.41, 5.74) is 2.95. The quantitative estimate of drug-likeness (QED) is 0.158. The summed E-state index contributed by atoms with van der Waals surface area (Å²) in [6.07, 6.45) is 1.75. The number of benzene rings is 5. The summed E-state index contributed by atoms with van der Waals surface area (Å²) in [7, 11) is 0. The normalized spacial score (nSPS) is 16.9. The molecule has 2 N–H and O–H groups in total. The molecule has 0 saturated heterocycles. The van der Waals surface area contributed by atoms with E-state index in [-0.39, 0.29) is 11.8 Å². The Hall–Kier alpha value is -3.09. The molecule has 1 amide bonds. The highest BCUT2D eigenvalue weighted by atomic mass is 79.9. The molecule has 4 nitrogen and oxygen atoms in total. The first kappa shape index (κ1) is 23.3. The van der Waals surface area contributed by atoms with Crippen LogP contribution in [0.1, 0.15) is 35.1 Å². The van der Waals surface area contributed by atoms with E-state index in [2.05, 4.69) is 70.3 Å². The van der Waals surface area contributed by atoms with Gasteiger partial charge in [0.25, 0.3) is 0 Å². The molecule has 5 aromatic rings. The molecule has 0 saturated carbocycles. The number of nitrogens with one attached hydrogen (secondary N) is 1. The second kappa shape index (κ2) is 9.09. The molecule has 0 heterocycles. The molecule has 6 heteroatoms. The molecule has 1 aliphatic rings. The zero-order valence-corrected chi connectivity index (χ0v) is 21.9. The van der Waals surface area contributed by atoms with Crippen LogP contribution in [0.15, 0.2) is 77.3 Å². The predicted octanol–water partition coefficient (Wildman–Crippen LogP) is 6.86. The summed E-state index contributed by atoms with van der Waals surface area (Å²) in [4.78, 5) is 25.9. The molecule has 6 rings (SSSR count). The average molecular weight is 558 g/mol. The maximum absolute atomic E-state index is 13.5. The van der Waals surface area contributed by atoms with Gasteiger partial charge in [-0.15, -0.1) is 0 Å². The average Bonchev–Trinajstić information content (AvgIpc) is 3.28. The van der Waals surface area contributed by atoms with Crippen molar-refractivity contribution in [2.45, 2.75) is 24.8 Å². The van der Waals surface area contributed by atoms with Gasteiger partial charge in [-0.05, 0) is 92.0 Å². The van der Waals surface area contributed by atoms with E-state index in [1.54, 1.807) is 0 Å². The van der Waals surface area contributed by atoms with Gasteiger partial charge in [0.15, 0.2) is 6.04 Å². The molecule has 0 radical (unpaired) electrons. The molecule has 0 aromatic heterocycles. The third-order valence-corrected chi connectivity index (χ3v) is 8.49. The predicted molar refractivity (Wildman–Crippen MR) is 151 cm³/mol. The van der Waals surface area contributed by atoms with Gasteiger partial charge < -0.3 is 10.4 Å². The summed E-state index contributed by atoms with van der Waals surface area (Å²) in [6, 6.07) is 23.2. The van der Waals surface area contributed by atoms with E-state index in [9.17, 15) is 14.7 Å². The van der Waals surface area contributed by atoms with Crippen LogP contribution < -0.4 is 5.32 Å². The SMILES string of the molecule is O=C(O)[C@@H](NC(=O)[C@H](CS)[C@H]1CCc2cc(Br)ccc21)c1cc2ccc3cccc4ccc(c1)c2c34. The highest BCUT2D eigenvalue weighted by molar-refractivity contribution is 9.10. The molecule has 5 aromatic carbocycles. The number of aryl methyl sites for hydroxylation is 1. The molecule has 1 aliphatic carbocycles. The van der Waals surface area contributed by atoms with Crippen molar-refractivity contribution >= 4 is 72.8 Å². The first-order valence-electron chi connectivity index (χ1n) is 12.0. The van der Waals surface area contributed by atoms with E-state index in [1.165, 1.54) is 10.9 Å². The lowest BCUT2D eigenvalue weighted by atomic mass is 9.87. The number of thiol groups is 1. The molecule has 0 aliphatic heterocycles. The Balaban J connectivity index is 1.35. The fourth-order valence-corrected chi connectivity index (χ4v) is 6.74. The number of amides is 1. The lowest BCUT2D eigenvalue weighted by Gasteiger charge is -2.25. The van der Waals surface area contributed by atoms with Crippen molar-refractivity contribution in [2.75, 3.05) is 5.75 Å². The fraction of sp³-hybridized carbons (Fsp3) is 0.200. The summed E-state index contributed by atoms with van der Waals surface area (Å²) in [5.74, 6) is -1.40. The first-order valence-corrected chi connectivity index (χ1v) is 13.5. The molecular weight excluding hydrogens is 534 g/mol. The Bertz CT molecular complexity index is 1580. The smallest absolute Gasteiger partial charge is 0.330 e. The van der Waals surface area contributed by atoms with Gasteiger partial charge in [0.1, 0.15) is 0 Å². The Labute approximate surface area is 222 Å². The second-order valence-corrected chi connectivity index (χ2v) is 10.9. The van der Waals surface area contributed by atoms with Gasteiger partial charge in [-0.25, -0.2) is 4.79 Å². The number of hydrogen-bond acceptors (Lipinski definition) is 3. The van der Waals surface area contributed by atoms with Crippen molar-refractivity contribution in [3.05, 3.63) is 94.0 Å². The lowest BCUT2D eigenvalue weighted by Crippen LogP contribution is -2.40. The number of rotatable bonds is 6. The molecule has 36 heavy (non-hydrogen) atoms. The van der Waals surface area contributed by atoms with E-state index in [1.807, 2.05) is 36.4 Å². The van der Waals surface area contributed by atoms with Gasteiger partial charge in [0.2, 0.25) is 5.91 Å². The molecule has 0 unspecified atom stereocenters. The highest BCUT2D eigenvalue weighted by Crippen LogP contribution is 2.41. The van der Waals surface area contributed by atoms with Crippen molar-refractivity contribution in [1.82, 2.24) is 5.32 Å². The molecular formula is C30H24BrNO3S. The van der Waals surface area contributed by atoms with Crippen LogP contribution >= 0.6 is 28.6 Å². The van der Waals surface area contributed by atoms with E-state index < -0.39 is 17.9 Å². The Morgan fingerprint density at radius 1 is 0.944 bits per heavy atom. The van der Waals surface area contributed by atoms with Crippen molar-refractivity contribution < 1.29 is 14.7 Å². The number of halogens is 1. The third kappa shape index (κ3) is 3.84. The van der Waals surface area contributed by atoms with Crippen LogP contribution in [0.2, 0.25) is 0 Å². The van der Waals surface area contributed by atoms with Gasteiger partial charge in [0.05, 0.1) is 5.92 Å². The molecule has 0 spiro atoms. The summed E-state index contributed by atoms with van der Waals surface area (Å²) in [5, 5.41) is 19.5. The highest BCUT2D eigenvalue weighted by Gasteiger charge is 2.35. The van der Waals surface area contributed by atoms with Crippen molar-refractivity contribution in [3.8, 4) is 0 Å². The Kier molecular flexibility index (Phi) is 5.89. The zero-order valence-electron chi connectivity index (χ0n) is 19.4. The lowest BCUT2D eigenvalue weighted by molar-refractivity contribution is -0.142. The van der Waals surface area contributed by atoms with Crippen LogP contribution in [0, 0.1) is 5.92 Å². The number of hydrogen-bond donors (Lipinski definition) is 3. The van der Waals surface area contributed by atoms with E-state index in [0.29, 0.717) is 11.3 Å².